The van der Waals surface area contributed by atoms with Crippen LogP contribution >= 0.6 is 11.3 Å². The summed E-state index contributed by atoms with van der Waals surface area (Å²) in [6.07, 6.45) is 1.61. The number of amides is 1. The number of nitrogens with one attached hydrogen (secondary N) is 1. The lowest BCUT2D eigenvalue weighted by Gasteiger charge is -2.11. The van der Waals surface area contributed by atoms with Crippen LogP contribution in [0, 0.1) is 0 Å². The van der Waals surface area contributed by atoms with E-state index in [9.17, 15) is 4.79 Å². The molecule has 7 rings (SSSR count). The zero-order valence-electron chi connectivity index (χ0n) is 21.1. The molecule has 0 aliphatic heterocycles. The molecule has 0 fully saturated rings. The van der Waals surface area contributed by atoms with Crippen LogP contribution in [0.15, 0.2) is 120 Å². The van der Waals surface area contributed by atoms with Gasteiger partial charge in [0.2, 0.25) is 11.0 Å². The van der Waals surface area contributed by atoms with E-state index in [0.29, 0.717) is 15.4 Å². The molecule has 3 N–H and O–H groups in total. The Morgan fingerprint density at radius 2 is 1.57 bits per heavy atom. The van der Waals surface area contributed by atoms with Crippen LogP contribution < -0.4 is 15.7 Å². The molecule has 40 heavy (non-hydrogen) atoms. The molecule has 0 unspecified atom stereocenters. The third kappa shape index (κ3) is 4.16. The SMILES string of the molecule is Nc1c(C(=O)Nc2c[n+](-c3ccccc3)no2)sc2nc(-c3cccc4ccccc34)cc(-c3ccccc3)c12. The Balaban J connectivity index is 1.34. The highest BCUT2D eigenvalue weighted by Crippen LogP contribution is 2.42. The van der Waals surface area contributed by atoms with Gasteiger partial charge in [0.1, 0.15) is 9.71 Å². The third-order valence-corrected chi connectivity index (χ3v) is 7.88. The Morgan fingerprint density at radius 1 is 0.850 bits per heavy atom. The average molecular weight is 541 g/mol. The number of nitrogens with two attached hydrogens (primary N) is 1. The molecule has 0 aliphatic rings. The maximum atomic E-state index is 13.4. The molecule has 0 bridgehead atoms. The molecule has 7 nitrogen and oxygen atoms in total. The zero-order valence-corrected chi connectivity index (χ0v) is 21.9. The number of thiophene rings is 1. The second-order valence-corrected chi connectivity index (χ2v) is 10.3. The summed E-state index contributed by atoms with van der Waals surface area (Å²) in [6.45, 7) is 0. The molecular weight excluding hydrogens is 518 g/mol. The van der Waals surface area contributed by atoms with Gasteiger partial charge < -0.3 is 5.73 Å². The van der Waals surface area contributed by atoms with E-state index in [1.807, 2.05) is 78.9 Å². The van der Waals surface area contributed by atoms with Gasteiger partial charge in [-0.25, -0.2) is 4.98 Å². The number of pyridine rings is 1. The predicted octanol–water partition coefficient (Wildman–Crippen LogP) is 6.88. The van der Waals surface area contributed by atoms with Gasteiger partial charge in [0, 0.05) is 23.1 Å². The first-order valence-corrected chi connectivity index (χ1v) is 13.5. The molecule has 7 aromatic rings. The summed E-state index contributed by atoms with van der Waals surface area (Å²) in [5.74, 6) is -0.180. The van der Waals surface area contributed by atoms with Crippen LogP contribution in [-0.4, -0.2) is 16.2 Å². The lowest BCUT2D eigenvalue weighted by atomic mass is 9.97. The van der Waals surface area contributed by atoms with Crippen molar-refractivity contribution in [2.45, 2.75) is 0 Å². The van der Waals surface area contributed by atoms with Crippen LogP contribution in [0.1, 0.15) is 9.67 Å². The van der Waals surface area contributed by atoms with Crippen molar-refractivity contribution in [1.29, 1.82) is 0 Å². The average Bonchev–Trinajstić information content (AvgIpc) is 3.61. The lowest BCUT2D eigenvalue weighted by molar-refractivity contribution is -0.670. The second kappa shape index (κ2) is 9.76. The monoisotopic (exact) mass is 540 g/mol. The lowest BCUT2D eigenvalue weighted by Crippen LogP contribution is -2.31. The molecule has 1 amide bonds. The number of hydrogen-bond donors (Lipinski definition) is 2. The standard InChI is InChI=1S/C32H21N5O2S/c33-29-28-25(21-10-3-1-4-11-21)18-26(24-17-9-13-20-12-7-8-16-23(20)24)34-32(28)40-30(29)31(38)35-27-19-37(36-39-27)22-14-5-2-6-15-22/h1-19H,(H2-,33,35,36,38)/p+1. The number of fused-ring (bicyclic) bond motifs is 2. The second-order valence-electron chi connectivity index (χ2n) is 9.27. The van der Waals surface area contributed by atoms with Crippen molar-refractivity contribution in [1.82, 2.24) is 10.3 Å². The van der Waals surface area contributed by atoms with Gasteiger partial charge in [-0.1, -0.05) is 91.0 Å². The molecule has 3 aromatic heterocycles. The number of nitrogen functional groups attached to an aromatic ring is 1. The predicted molar refractivity (Wildman–Crippen MR) is 158 cm³/mol. The summed E-state index contributed by atoms with van der Waals surface area (Å²) in [5, 5.41) is 9.79. The van der Waals surface area contributed by atoms with Crippen molar-refractivity contribution in [3.05, 3.63) is 120 Å². The minimum atomic E-state index is -0.386. The van der Waals surface area contributed by atoms with Crippen molar-refractivity contribution in [3.63, 3.8) is 0 Å². The minimum absolute atomic E-state index is 0.207. The van der Waals surface area contributed by atoms with Crippen molar-refractivity contribution >= 4 is 49.8 Å². The number of nitrogens with zero attached hydrogens (tertiary/aromatic N) is 3. The fourth-order valence-corrected chi connectivity index (χ4v) is 5.91. The van der Waals surface area contributed by atoms with E-state index in [1.54, 1.807) is 10.9 Å². The largest absolute Gasteiger partial charge is 0.397 e. The fourth-order valence-electron chi connectivity index (χ4n) is 4.89. The van der Waals surface area contributed by atoms with E-state index in [4.69, 9.17) is 15.2 Å². The quantitative estimate of drug-likeness (QED) is 0.232. The number of para-hydroxylation sites is 1. The highest BCUT2D eigenvalue weighted by atomic mass is 32.1. The number of carbonyl (C=O) groups is 1. The molecule has 0 saturated heterocycles. The molecule has 4 aromatic carbocycles. The molecule has 0 radical (unpaired) electrons. The summed E-state index contributed by atoms with van der Waals surface area (Å²) in [5.41, 5.74) is 11.6. The van der Waals surface area contributed by atoms with Gasteiger partial charge in [0.15, 0.2) is 0 Å². The van der Waals surface area contributed by atoms with E-state index in [2.05, 4.69) is 40.9 Å². The van der Waals surface area contributed by atoms with Crippen LogP contribution in [0.5, 0.6) is 0 Å². The molecule has 192 valence electrons. The van der Waals surface area contributed by atoms with Crippen molar-refractivity contribution in [2.75, 3.05) is 11.1 Å². The Bertz CT molecular complexity index is 2010. The first-order valence-electron chi connectivity index (χ1n) is 12.7. The van der Waals surface area contributed by atoms with Crippen molar-refractivity contribution < 1.29 is 14.0 Å². The van der Waals surface area contributed by atoms with E-state index >= 15 is 0 Å². The summed E-state index contributed by atoms with van der Waals surface area (Å²) >= 11 is 1.26. The molecule has 0 saturated carbocycles. The van der Waals surface area contributed by atoms with Gasteiger partial charge in [0.05, 0.1) is 11.4 Å². The Kier molecular flexibility index (Phi) is 5.79. The first kappa shape index (κ1) is 23.8. The number of aromatic nitrogens is 3. The Labute approximate surface area is 233 Å². The molecule has 0 atom stereocenters. The van der Waals surface area contributed by atoms with Gasteiger partial charge >= 0.3 is 5.88 Å². The highest BCUT2D eigenvalue weighted by molar-refractivity contribution is 7.21. The normalized spacial score (nSPS) is 11.2. The van der Waals surface area contributed by atoms with Gasteiger partial charge in [0.25, 0.3) is 12.1 Å². The molecule has 0 spiro atoms. The zero-order chi connectivity index (χ0) is 27.1. The van der Waals surface area contributed by atoms with E-state index < -0.39 is 0 Å². The fraction of sp³-hybridized carbons (Fsp3) is 0. The summed E-state index contributed by atoms with van der Waals surface area (Å²) < 4.78 is 6.92. The number of rotatable bonds is 5. The van der Waals surface area contributed by atoms with Crippen molar-refractivity contribution in [2.24, 2.45) is 0 Å². The van der Waals surface area contributed by atoms with Gasteiger partial charge in [-0.15, -0.1) is 11.3 Å². The van der Waals surface area contributed by atoms with Crippen LogP contribution in [0.4, 0.5) is 11.6 Å². The molecule has 8 heteroatoms. The van der Waals surface area contributed by atoms with E-state index in [1.165, 1.54) is 11.3 Å². The minimum Gasteiger partial charge on any atom is -0.397 e. The van der Waals surface area contributed by atoms with E-state index in [0.717, 1.165) is 44.2 Å². The molecular formula is C32H22N5O2S+. The third-order valence-electron chi connectivity index (χ3n) is 6.78. The Hall–Kier alpha value is -5.34. The van der Waals surface area contributed by atoms with E-state index in [-0.39, 0.29) is 11.8 Å². The summed E-state index contributed by atoms with van der Waals surface area (Å²) in [6, 6.07) is 36.0. The van der Waals surface area contributed by atoms with Crippen LogP contribution in [-0.2, 0) is 0 Å². The summed E-state index contributed by atoms with van der Waals surface area (Å²) in [7, 11) is 0. The highest BCUT2D eigenvalue weighted by Gasteiger charge is 2.24. The molecule has 0 aliphatic carbocycles. The Morgan fingerprint density at radius 3 is 2.40 bits per heavy atom. The summed E-state index contributed by atoms with van der Waals surface area (Å²) in [4.78, 5) is 19.5. The number of hydrogen-bond acceptors (Lipinski definition) is 6. The number of carbonyl (C=O) groups excluding carboxylic acids is 1. The van der Waals surface area contributed by atoms with Crippen LogP contribution in [0.3, 0.4) is 0 Å². The maximum Gasteiger partial charge on any atom is 0.303 e. The van der Waals surface area contributed by atoms with Crippen LogP contribution in [0.2, 0.25) is 0 Å². The number of benzene rings is 4. The molecule has 3 heterocycles. The smallest absolute Gasteiger partial charge is 0.303 e. The topological polar surface area (TPSA) is 97.9 Å². The van der Waals surface area contributed by atoms with Crippen molar-refractivity contribution in [3.8, 4) is 28.1 Å². The number of anilines is 2. The van der Waals surface area contributed by atoms with Gasteiger partial charge in [-0.3, -0.25) is 14.6 Å². The van der Waals surface area contributed by atoms with Gasteiger partial charge in [-0.2, -0.15) is 0 Å². The van der Waals surface area contributed by atoms with Gasteiger partial charge in [-0.05, 0) is 32.6 Å². The maximum absolute atomic E-state index is 13.4. The van der Waals surface area contributed by atoms with Crippen LogP contribution in [0.25, 0.3) is 49.1 Å². The first-order chi connectivity index (χ1) is 19.7.